The van der Waals surface area contributed by atoms with Crippen LogP contribution in [0, 0.1) is 6.42 Å². The van der Waals surface area contributed by atoms with Crippen LogP contribution in [0.2, 0.25) is 0 Å². The Bertz CT molecular complexity index is 145. The van der Waals surface area contributed by atoms with Gasteiger partial charge in [-0.3, -0.25) is 0 Å². The fourth-order valence-corrected chi connectivity index (χ4v) is 0.547. The second-order valence-electron chi connectivity index (χ2n) is 1.65. The molecule has 1 aliphatic rings. The number of hydrogen-bond donors (Lipinski definition) is 2. The van der Waals surface area contributed by atoms with Gasteiger partial charge in [-0.05, 0) is 12.5 Å². The van der Waals surface area contributed by atoms with Crippen molar-refractivity contribution < 1.29 is 0 Å². The van der Waals surface area contributed by atoms with E-state index in [4.69, 9.17) is 11.5 Å². The SMILES string of the molecule is NC1=C(N)C=CC[C]1. The van der Waals surface area contributed by atoms with Crippen molar-refractivity contribution >= 4 is 0 Å². The van der Waals surface area contributed by atoms with Crippen LogP contribution in [0.1, 0.15) is 6.42 Å². The molecule has 2 heteroatoms. The average Bonchev–Trinajstić information content (AvgIpc) is 1.77. The normalized spacial score (nSPS) is 19.5. The molecule has 0 bridgehead atoms. The minimum atomic E-state index is 0.576. The molecule has 0 atom stereocenters. The number of allylic oxidation sites excluding steroid dienone is 3. The highest BCUT2D eigenvalue weighted by molar-refractivity contribution is 5.30. The summed E-state index contributed by atoms with van der Waals surface area (Å²) in [5.41, 5.74) is 12.0. The van der Waals surface area contributed by atoms with Crippen LogP contribution in [0.15, 0.2) is 23.5 Å². The summed E-state index contributed by atoms with van der Waals surface area (Å²) in [6, 6.07) is 0. The molecule has 0 heterocycles. The monoisotopic (exact) mass is 108 g/mol. The third-order valence-electron chi connectivity index (χ3n) is 1.02. The van der Waals surface area contributed by atoms with E-state index < -0.39 is 0 Å². The number of nitrogens with two attached hydrogens (primary N) is 2. The summed E-state index contributed by atoms with van der Waals surface area (Å²) >= 11 is 0. The molecule has 0 aromatic rings. The Hall–Kier alpha value is -0.920. The van der Waals surface area contributed by atoms with E-state index >= 15 is 0 Å². The molecule has 0 aromatic carbocycles. The molecular weight excluding hydrogens is 100 g/mol. The van der Waals surface area contributed by atoms with E-state index in [1.807, 2.05) is 6.08 Å². The van der Waals surface area contributed by atoms with Gasteiger partial charge in [0.1, 0.15) is 0 Å². The highest BCUT2D eigenvalue weighted by Gasteiger charge is 1.99. The van der Waals surface area contributed by atoms with Gasteiger partial charge in [0.25, 0.3) is 0 Å². The van der Waals surface area contributed by atoms with E-state index in [1.54, 1.807) is 6.08 Å². The summed E-state index contributed by atoms with van der Waals surface area (Å²) in [4.78, 5) is 0. The van der Waals surface area contributed by atoms with E-state index in [2.05, 4.69) is 6.42 Å². The van der Waals surface area contributed by atoms with Crippen LogP contribution >= 0.6 is 0 Å². The Balaban J connectivity index is 2.76. The zero-order chi connectivity index (χ0) is 5.98. The fraction of sp³-hybridized carbons (Fsp3) is 0.167. The first-order valence-corrected chi connectivity index (χ1v) is 2.46. The molecule has 0 unspecified atom stereocenters. The molecule has 2 radical (unpaired) electrons. The molecule has 0 saturated carbocycles. The van der Waals surface area contributed by atoms with Crippen LogP contribution < -0.4 is 11.5 Å². The van der Waals surface area contributed by atoms with Crippen molar-refractivity contribution in [1.82, 2.24) is 0 Å². The predicted octanol–water partition coefficient (Wildman–Crippen LogP) is 0.157. The molecule has 2 nitrogen and oxygen atoms in total. The molecule has 4 N–H and O–H groups in total. The van der Waals surface area contributed by atoms with Gasteiger partial charge in [-0.1, -0.05) is 6.08 Å². The van der Waals surface area contributed by atoms with Gasteiger partial charge >= 0.3 is 0 Å². The van der Waals surface area contributed by atoms with Gasteiger partial charge in [0.2, 0.25) is 0 Å². The third-order valence-corrected chi connectivity index (χ3v) is 1.02. The zero-order valence-electron chi connectivity index (χ0n) is 4.52. The lowest BCUT2D eigenvalue weighted by Crippen LogP contribution is -2.10. The fourth-order valence-electron chi connectivity index (χ4n) is 0.547. The molecule has 42 valence electrons. The van der Waals surface area contributed by atoms with Crippen molar-refractivity contribution in [3.8, 4) is 0 Å². The van der Waals surface area contributed by atoms with E-state index in [0.29, 0.717) is 11.4 Å². The molecule has 0 aliphatic heterocycles. The maximum absolute atomic E-state index is 5.38. The van der Waals surface area contributed by atoms with Gasteiger partial charge in [0.05, 0.1) is 5.70 Å². The van der Waals surface area contributed by atoms with Crippen molar-refractivity contribution in [2.24, 2.45) is 11.5 Å². The lowest BCUT2D eigenvalue weighted by Gasteiger charge is -2.04. The summed E-state index contributed by atoms with van der Waals surface area (Å²) in [6.45, 7) is 0. The Labute approximate surface area is 48.9 Å². The van der Waals surface area contributed by atoms with E-state index in [1.165, 1.54) is 0 Å². The van der Waals surface area contributed by atoms with Gasteiger partial charge < -0.3 is 11.5 Å². The second-order valence-corrected chi connectivity index (χ2v) is 1.65. The van der Waals surface area contributed by atoms with Crippen LogP contribution in [0.3, 0.4) is 0 Å². The van der Waals surface area contributed by atoms with E-state index in [0.717, 1.165) is 6.42 Å². The summed E-state index contributed by atoms with van der Waals surface area (Å²) in [6.07, 6.45) is 7.38. The second kappa shape index (κ2) is 1.90. The molecular formula is C6H8N2. The maximum Gasteiger partial charge on any atom is 0.0508 e. The van der Waals surface area contributed by atoms with Crippen molar-refractivity contribution in [3.63, 3.8) is 0 Å². The predicted molar refractivity (Wildman–Crippen MR) is 32.4 cm³/mol. The van der Waals surface area contributed by atoms with Gasteiger partial charge in [-0.2, -0.15) is 0 Å². The Morgan fingerprint density at radius 1 is 1.50 bits per heavy atom. The third kappa shape index (κ3) is 0.832. The minimum Gasteiger partial charge on any atom is -0.400 e. The van der Waals surface area contributed by atoms with Crippen LogP contribution in [0.5, 0.6) is 0 Å². The van der Waals surface area contributed by atoms with Crippen LogP contribution in [0.25, 0.3) is 0 Å². The number of hydrogen-bond acceptors (Lipinski definition) is 2. The minimum absolute atomic E-state index is 0.576. The average molecular weight is 108 g/mol. The summed E-state index contributed by atoms with van der Waals surface area (Å²) < 4.78 is 0. The molecule has 0 amide bonds. The zero-order valence-corrected chi connectivity index (χ0v) is 4.52. The Morgan fingerprint density at radius 3 is 2.62 bits per heavy atom. The Morgan fingerprint density at radius 2 is 2.25 bits per heavy atom. The molecule has 1 rings (SSSR count). The van der Waals surface area contributed by atoms with E-state index in [9.17, 15) is 0 Å². The van der Waals surface area contributed by atoms with Crippen molar-refractivity contribution in [2.75, 3.05) is 0 Å². The van der Waals surface area contributed by atoms with Crippen LogP contribution in [0.4, 0.5) is 0 Å². The molecule has 8 heavy (non-hydrogen) atoms. The summed E-state index contributed by atoms with van der Waals surface area (Å²) in [5.74, 6) is 0. The lowest BCUT2D eigenvalue weighted by molar-refractivity contribution is 1.10. The quantitative estimate of drug-likeness (QED) is 0.464. The van der Waals surface area contributed by atoms with Crippen molar-refractivity contribution in [1.29, 1.82) is 0 Å². The van der Waals surface area contributed by atoms with Crippen molar-refractivity contribution in [3.05, 3.63) is 30.0 Å². The molecule has 0 saturated heterocycles. The van der Waals surface area contributed by atoms with Gasteiger partial charge in [-0.15, -0.1) is 0 Å². The van der Waals surface area contributed by atoms with Gasteiger partial charge in [0.15, 0.2) is 0 Å². The summed E-state index contributed by atoms with van der Waals surface area (Å²) in [7, 11) is 0. The topological polar surface area (TPSA) is 52.0 Å². The van der Waals surface area contributed by atoms with Crippen molar-refractivity contribution in [2.45, 2.75) is 6.42 Å². The first-order chi connectivity index (χ1) is 3.80. The lowest BCUT2D eigenvalue weighted by atomic mass is 10.1. The molecule has 0 aromatic heterocycles. The number of rotatable bonds is 0. The van der Waals surface area contributed by atoms with Gasteiger partial charge in [0, 0.05) is 12.1 Å². The largest absolute Gasteiger partial charge is 0.400 e. The highest BCUT2D eigenvalue weighted by atomic mass is 14.7. The smallest absolute Gasteiger partial charge is 0.0508 e. The molecule has 1 aliphatic carbocycles. The standard InChI is InChI=1S/C6H8N2/c7-5-3-1-2-4-6(5)8/h1,3H,2,7-8H2. The van der Waals surface area contributed by atoms with Crippen LogP contribution in [-0.2, 0) is 0 Å². The molecule has 0 spiro atoms. The first-order valence-electron chi connectivity index (χ1n) is 2.46. The molecule has 0 fully saturated rings. The van der Waals surface area contributed by atoms with E-state index in [-0.39, 0.29) is 0 Å². The first kappa shape index (κ1) is 5.22. The maximum atomic E-state index is 5.38. The summed E-state index contributed by atoms with van der Waals surface area (Å²) in [5, 5.41) is 0. The highest BCUT2D eigenvalue weighted by Crippen LogP contribution is 2.07. The Kier molecular flexibility index (Phi) is 1.24. The van der Waals surface area contributed by atoms with Crippen LogP contribution in [-0.4, -0.2) is 0 Å². The van der Waals surface area contributed by atoms with Gasteiger partial charge in [-0.25, -0.2) is 0 Å².